The zero-order valence-corrected chi connectivity index (χ0v) is 14.0. The van der Waals surface area contributed by atoms with Gasteiger partial charge in [0.05, 0.1) is 10.5 Å². The minimum atomic E-state index is -0.109. The topological polar surface area (TPSA) is 38.3 Å². The molecule has 1 aliphatic heterocycles. The molecule has 0 aliphatic carbocycles. The van der Waals surface area contributed by atoms with Gasteiger partial charge in [0.2, 0.25) is 0 Å². The third kappa shape index (κ3) is 2.37. The second-order valence-corrected chi connectivity index (χ2v) is 7.73. The summed E-state index contributed by atoms with van der Waals surface area (Å²) in [5.74, 6) is 0.618. The predicted molar refractivity (Wildman–Crippen MR) is 91.0 cm³/mol. The van der Waals surface area contributed by atoms with E-state index < -0.39 is 0 Å². The fraction of sp³-hybridized carbons (Fsp3) is 0.133. The van der Waals surface area contributed by atoms with E-state index in [9.17, 15) is 4.79 Å². The molecular formula is C15H10BrNO2S2. The summed E-state index contributed by atoms with van der Waals surface area (Å²) in [7, 11) is 0. The highest BCUT2D eigenvalue weighted by Gasteiger charge is 2.20. The molecule has 0 radical (unpaired) electrons. The first-order valence-corrected chi connectivity index (χ1v) is 8.99. The van der Waals surface area contributed by atoms with Crippen molar-refractivity contribution in [2.24, 2.45) is 0 Å². The van der Waals surface area contributed by atoms with Crippen molar-refractivity contribution in [1.82, 2.24) is 0 Å². The number of hydrogen-bond donors (Lipinski definition) is 1. The van der Waals surface area contributed by atoms with Gasteiger partial charge in [-0.05, 0) is 35.2 Å². The number of anilines is 1. The minimum Gasteiger partial charge on any atom is -0.482 e. The van der Waals surface area contributed by atoms with Gasteiger partial charge in [0.15, 0.2) is 6.61 Å². The normalized spacial score (nSPS) is 15.4. The van der Waals surface area contributed by atoms with Crippen LogP contribution in [-0.2, 0) is 4.79 Å². The lowest BCUT2D eigenvalue weighted by Gasteiger charge is -2.19. The molecule has 0 spiro atoms. The van der Waals surface area contributed by atoms with E-state index in [1.54, 1.807) is 22.7 Å². The smallest absolute Gasteiger partial charge is 0.262 e. The van der Waals surface area contributed by atoms with Crippen LogP contribution in [0.5, 0.6) is 5.75 Å². The van der Waals surface area contributed by atoms with E-state index in [1.807, 2.05) is 18.2 Å². The summed E-state index contributed by atoms with van der Waals surface area (Å²) >= 11 is 7.31. The second kappa shape index (κ2) is 5.12. The molecule has 1 atom stereocenters. The second-order valence-electron chi connectivity index (χ2n) is 4.75. The zero-order valence-electron chi connectivity index (χ0n) is 10.8. The van der Waals surface area contributed by atoms with Gasteiger partial charge in [-0.3, -0.25) is 4.79 Å². The largest absolute Gasteiger partial charge is 0.482 e. The maximum absolute atomic E-state index is 11.4. The van der Waals surface area contributed by atoms with Gasteiger partial charge in [0.25, 0.3) is 5.91 Å². The molecule has 1 unspecified atom stereocenters. The number of benzene rings is 1. The molecule has 3 heterocycles. The van der Waals surface area contributed by atoms with Crippen molar-refractivity contribution in [2.45, 2.75) is 4.83 Å². The molecule has 4 rings (SSSR count). The lowest BCUT2D eigenvalue weighted by molar-refractivity contribution is -0.118. The molecule has 21 heavy (non-hydrogen) atoms. The third-order valence-corrected chi connectivity index (χ3v) is 6.82. The quantitative estimate of drug-likeness (QED) is 0.650. The Morgan fingerprint density at radius 1 is 1.24 bits per heavy atom. The van der Waals surface area contributed by atoms with Crippen LogP contribution in [0.25, 0.3) is 9.40 Å². The summed E-state index contributed by atoms with van der Waals surface area (Å²) in [5.41, 5.74) is 1.85. The number of amides is 1. The van der Waals surface area contributed by atoms with Crippen LogP contribution in [0.3, 0.4) is 0 Å². The summed E-state index contributed by atoms with van der Waals surface area (Å²) < 4.78 is 8.02. The number of rotatable bonds is 2. The summed E-state index contributed by atoms with van der Waals surface area (Å²) in [6, 6.07) is 10.3. The molecule has 3 nitrogen and oxygen atoms in total. The van der Waals surface area contributed by atoms with E-state index in [4.69, 9.17) is 4.74 Å². The summed E-state index contributed by atoms with van der Waals surface area (Å²) in [6.45, 7) is 0.0886. The van der Waals surface area contributed by atoms with Gasteiger partial charge < -0.3 is 10.1 Å². The van der Waals surface area contributed by atoms with Crippen molar-refractivity contribution in [3.63, 3.8) is 0 Å². The van der Waals surface area contributed by atoms with Gasteiger partial charge in [-0.2, -0.15) is 0 Å². The Morgan fingerprint density at radius 3 is 3.00 bits per heavy atom. The van der Waals surface area contributed by atoms with Crippen molar-refractivity contribution < 1.29 is 9.53 Å². The van der Waals surface area contributed by atoms with Crippen molar-refractivity contribution in [2.75, 3.05) is 11.9 Å². The van der Waals surface area contributed by atoms with E-state index >= 15 is 0 Å². The molecule has 6 heteroatoms. The Labute approximate surface area is 137 Å². The van der Waals surface area contributed by atoms with E-state index in [2.05, 4.69) is 38.8 Å². The molecular weight excluding hydrogens is 370 g/mol. The fourth-order valence-corrected chi connectivity index (χ4v) is 5.16. The molecule has 1 aromatic carbocycles. The van der Waals surface area contributed by atoms with Crippen molar-refractivity contribution in [3.05, 3.63) is 46.2 Å². The number of halogens is 1. The van der Waals surface area contributed by atoms with Crippen LogP contribution in [0.1, 0.15) is 15.3 Å². The van der Waals surface area contributed by atoms with Crippen molar-refractivity contribution in [1.29, 1.82) is 0 Å². The predicted octanol–water partition coefficient (Wildman–Crippen LogP) is 4.78. The molecule has 0 bridgehead atoms. The molecule has 106 valence electrons. The standard InChI is InChI=1S/C15H10BrNO2S2/c16-15(13-6-12-11(21-13)3-4-20-12)8-1-2-10-9(5-8)17-14(18)7-19-10/h1-6,15H,7H2,(H,17,18). The molecule has 2 aromatic heterocycles. The van der Waals surface area contributed by atoms with Crippen LogP contribution in [0.4, 0.5) is 5.69 Å². The average Bonchev–Trinajstić information content (AvgIpc) is 3.06. The molecule has 0 saturated carbocycles. The molecule has 1 aliphatic rings. The fourth-order valence-electron chi connectivity index (χ4n) is 2.33. The lowest BCUT2D eigenvalue weighted by atomic mass is 10.1. The minimum absolute atomic E-state index is 0.0886. The number of carbonyl (C=O) groups is 1. The highest BCUT2D eigenvalue weighted by atomic mass is 79.9. The number of carbonyl (C=O) groups excluding carboxylic acids is 1. The highest BCUT2D eigenvalue weighted by Crippen LogP contribution is 2.42. The number of alkyl halides is 1. The van der Waals surface area contributed by atoms with Gasteiger partial charge >= 0.3 is 0 Å². The Kier molecular flexibility index (Phi) is 3.24. The van der Waals surface area contributed by atoms with Crippen LogP contribution in [-0.4, -0.2) is 12.5 Å². The Bertz CT molecular complexity index is 811. The van der Waals surface area contributed by atoms with Gasteiger partial charge in [-0.1, -0.05) is 22.0 Å². The number of fused-ring (bicyclic) bond motifs is 2. The van der Waals surface area contributed by atoms with E-state index in [1.165, 1.54) is 14.3 Å². The van der Waals surface area contributed by atoms with E-state index in [0.29, 0.717) is 0 Å². The number of nitrogens with one attached hydrogen (secondary N) is 1. The van der Waals surface area contributed by atoms with Crippen LogP contribution < -0.4 is 10.1 Å². The monoisotopic (exact) mass is 379 g/mol. The summed E-state index contributed by atoms with van der Waals surface area (Å²) in [6.07, 6.45) is 0. The van der Waals surface area contributed by atoms with E-state index in [0.717, 1.165) is 17.0 Å². The first kappa shape index (κ1) is 13.3. The van der Waals surface area contributed by atoms with Crippen molar-refractivity contribution in [3.8, 4) is 5.75 Å². The summed E-state index contributed by atoms with van der Waals surface area (Å²) in [4.78, 5) is 12.8. The average molecular weight is 380 g/mol. The van der Waals surface area contributed by atoms with Crippen LogP contribution in [0, 0.1) is 0 Å². The van der Waals surface area contributed by atoms with Crippen LogP contribution in [0.15, 0.2) is 35.7 Å². The highest BCUT2D eigenvalue weighted by molar-refractivity contribution is 9.09. The van der Waals surface area contributed by atoms with Gasteiger partial charge in [0.1, 0.15) is 5.75 Å². The Morgan fingerprint density at radius 2 is 2.14 bits per heavy atom. The molecule has 3 aromatic rings. The summed E-state index contributed by atoms with van der Waals surface area (Å²) in [5, 5.41) is 4.96. The third-order valence-electron chi connectivity index (χ3n) is 3.34. The molecule has 0 fully saturated rings. The van der Waals surface area contributed by atoms with Gasteiger partial charge in [-0.15, -0.1) is 22.7 Å². The number of hydrogen-bond acceptors (Lipinski definition) is 4. The van der Waals surface area contributed by atoms with Gasteiger partial charge in [0, 0.05) is 14.3 Å². The SMILES string of the molecule is O=C1COc2ccc(C(Br)c3cc4sccc4s3)cc2N1. The number of ether oxygens (including phenoxy) is 1. The molecule has 0 saturated heterocycles. The Balaban J connectivity index is 1.70. The van der Waals surface area contributed by atoms with Gasteiger partial charge in [-0.25, -0.2) is 0 Å². The lowest BCUT2D eigenvalue weighted by Crippen LogP contribution is -2.25. The molecule has 1 N–H and O–H groups in total. The zero-order chi connectivity index (χ0) is 14.4. The maximum Gasteiger partial charge on any atom is 0.262 e. The Hall–Kier alpha value is -1.37. The van der Waals surface area contributed by atoms with Crippen LogP contribution >= 0.6 is 38.6 Å². The first-order chi connectivity index (χ1) is 10.2. The maximum atomic E-state index is 11.4. The van der Waals surface area contributed by atoms with Crippen LogP contribution in [0.2, 0.25) is 0 Å². The van der Waals surface area contributed by atoms with Crippen molar-refractivity contribution >= 4 is 59.6 Å². The first-order valence-electron chi connectivity index (χ1n) is 6.38. The van der Waals surface area contributed by atoms with E-state index in [-0.39, 0.29) is 17.3 Å². The molecule has 1 amide bonds. The number of thiophene rings is 2.